The van der Waals surface area contributed by atoms with E-state index in [1.165, 1.54) is 0 Å². The second-order valence-electron chi connectivity index (χ2n) is 4.01. The van der Waals surface area contributed by atoms with Crippen LogP contribution in [0.25, 0.3) is 0 Å². The Morgan fingerprint density at radius 2 is 2.35 bits per heavy atom. The second kappa shape index (κ2) is 5.19. The number of benzene rings is 1. The number of halogens is 1. The van der Waals surface area contributed by atoms with E-state index in [1.807, 2.05) is 6.07 Å². The van der Waals surface area contributed by atoms with Crippen molar-refractivity contribution in [1.82, 2.24) is 10.6 Å². The van der Waals surface area contributed by atoms with E-state index in [1.54, 1.807) is 18.2 Å². The lowest BCUT2D eigenvalue weighted by atomic mass is 10.1. The highest BCUT2D eigenvalue weighted by atomic mass is 35.5. The van der Waals surface area contributed by atoms with E-state index in [9.17, 15) is 9.59 Å². The number of nitrogens with one attached hydrogen (secondary N) is 2. The van der Waals surface area contributed by atoms with Gasteiger partial charge in [-0.25, -0.2) is 0 Å². The maximum Gasteiger partial charge on any atom is 0.242 e. The minimum atomic E-state index is -0.387. The van der Waals surface area contributed by atoms with Crippen LogP contribution in [0.5, 0.6) is 0 Å². The van der Waals surface area contributed by atoms with E-state index in [4.69, 9.17) is 11.6 Å². The molecule has 90 valence electrons. The van der Waals surface area contributed by atoms with Crippen LogP contribution >= 0.6 is 11.6 Å². The molecule has 2 N–H and O–H groups in total. The van der Waals surface area contributed by atoms with Crippen LogP contribution in [-0.4, -0.2) is 24.4 Å². The molecule has 1 aliphatic heterocycles. The third kappa shape index (κ3) is 3.20. The van der Waals surface area contributed by atoms with Crippen LogP contribution in [0.4, 0.5) is 0 Å². The average Bonchev–Trinajstić information content (AvgIpc) is 2.64. The van der Waals surface area contributed by atoms with E-state index < -0.39 is 0 Å². The fourth-order valence-corrected chi connectivity index (χ4v) is 2.02. The highest BCUT2D eigenvalue weighted by molar-refractivity contribution is 6.30. The van der Waals surface area contributed by atoms with Gasteiger partial charge in [-0.3, -0.25) is 9.59 Å². The summed E-state index contributed by atoms with van der Waals surface area (Å²) < 4.78 is 0. The first-order valence-corrected chi connectivity index (χ1v) is 5.84. The third-order valence-electron chi connectivity index (χ3n) is 2.64. The molecule has 0 aromatic heterocycles. The molecule has 2 rings (SSSR count). The highest BCUT2D eigenvalue weighted by Gasteiger charge is 2.25. The average molecular weight is 253 g/mol. The number of carbonyl (C=O) groups excluding carboxylic acids is 2. The van der Waals surface area contributed by atoms with Gasteiger partial charge in [0.05, 0.1) is 6.42 Å². The molecule has 1 aliphatic rings. The van der Waals surface area contributed by atoms with Crippen molar-refractivity contribution in [3.05, 3.63) is 34.9 Å². The summed E-state index contributed by atoms with van der Waals surface area (Å²) in [6.07, 6.45) is 0.893. The molecular weight excluding hydrogens is 240 g/mol. The van der Waals surface area contributed by atoms with Crippen LogP contribution in [0.1, 0.15) is 12.0 Å². The number of hydrogen-bond acceptors (Lipinski definition) is 2. The van der Waals surface area contributed by atoms with Gasteiger partial charge in [-0.2, -0.15) is 0 Å². The molecule has 0 aliphatic carbocycles. The van der Waals surface area contributed by atoms with Crippen LogP contribution in [0.3, 0.4) is 0 Å². The number of amides is 2. The lowest BCUT2D eigenvalue weighted by molar-refractivity contribution is -0.127. The Morgan fingerprint density at radius 1 is 1.53 bits per heavy atom. The Hall–Kier alpha value is -1.55. The summed E-state index contributed by atoms with van der Waals surface area (Å²) in [5.41, 5.74) is 0.841. The summed E-state index contributed by atoms with van der Waals surface area (Å²) in [5.74, 6) is -0.265. The predicted octanol–water partition coefficient (Wildman–Crippen LogP) is 0.887. The van der Waals surface area contributed by atoms with E-state index in [0.29, 0.717) is 18.0 Å². The Morgan fingerprint density at radius 3 is 3.00 bits per heavy atom. The lowest BCUT2D eigenvalue weighted by Crippen LogP contribution is -2.40. The maximum atomic E-state index is 11.7. The van der Waals surface area contributed by atoms with Crippen molar-refractivity contribution in [2.45, 2.75) is 18.9 Å². The van der Waals surface area contributed by atoms with Gasteiger partial charge in [0.25, 0.3) is 0 Å². The molecule has 1 aromatic carbocycles. The topological polar surface area (TPSA) is 58.2 Å². The Labute approximate surface area is 104 Å². The maximum absolute atomic E-state index is 11.7. The normalized spacial score (nSPS) is 18.9. The van der Waals surface area contributed by atoms with Gasteiger partial charge < -0.3 is 10.6 Å². The molecule has 1 saturated heterocycles. The SMILES string of the molecule is O=C(Cc1cccc(Cl)c1)N[C@H]1CCNC1=O. The van der Waals surface area contributed by atoms with E-state index in [0.717, 1.165) is 5.56 Å². The first kappa shape index (κ1) is 11.9. The molecule has 0 bridgehead atoms. The Bertz CT molecular complexity index is 448. The molecule has 1 fully saturated rings. The fourth-order valence-electron chi connectivity index (χ4n) is 1.81. The van der Waals surface area contributed by atoms with Crippen LogP contribution in [0.15, 0.2) is 24.3 Å². The minimum Gasteiger partial charge on any atom is -0.354 e. The summed E-state index contributed by atoms with van der Waals surface area (Å²) in [6.45, 7) is 0.626. The monoisotopic (exact) mass is 252 g/mol. The molecule has 0 spiro atoms. The van der Waals surface area contributed by atoms with Crippen LogP contribution < -0.4 is 10.6 Å². The molecule has 0 radical (unpaired) electrons. The molecule has 1 aromatic rings. The Balaban J connectivity index is 1.91. The first-order valence-electron chi connectivity index (χ1n) is 5.46. The predicted molar refractivity (Wildman–Crippen MR) is 64.7 cm³/mol. The van der Waals surface area contributed by atoms with Crippen molar-refractivity contribution in [1.29, 1.82) is 0 Å². The van der Waals surface area contributed by atoms with Crippen LogP contribution in [-0.2, 0) is 16.0 Å². The molecule has 2 amide bonds. The van der Waals surface area contributed by atoms with E-state index >= 15 is 0 Å². The zero-order valence-corrected chi connectivity index (χ0v) is 9.96. The van der Waals surface area contributed by atoms with Gasteiger partial charge in [0.2, 0.25) is 11.8 Å². The molecular formula is C12H13ClN2O2. The van der Waals surface area contributed by atoms with Gasteiger partial charge in [-0.1, -0.05) is 23.7 Å². The van der Waals surface area contributed by atoms with Crippen molar-refractivity contribution < 1.29 is 9.59 Å². The van der Waals surface area contributed by atoms with Crippen molar-refractivity contribution in [3.63, 3.8) is 0 Å². The van der Waals surface area contributed by atoms with Gasteiger partial charge in [0.15, 0.2) is 0 Å². The van der Waals surface area contributed by atoms with Crippen LogP contribution in [0, 0.1) is 0 Å². The van der Waals surface area contributed by atoms with Crippen LogP contribution in [0.2, 0.25) is 5.02 Å². The van der Waals surface area contributed by atoms with E-state index in [-0.39, 0.29) is 24.3 Å². The summed E-state index contributed by atoms with van der Waals surface area (Å²) in [7, 11) is 0. The molecule has 1 heterocycles. The van der Waals surface area contributed by atoms with Crippen molar-refractivity contribution in [2.24, 2.45) is 0 Å². The van der Waals surface area contributed by atoms with Gasteiger partial charge in [0.1, 0.15) is 6.04 Å². The standard InChI is InChI=1S/C12H13ClN2O2/c13-9-3-1-2-8(6-9)7-11(16)15-10-4-5-14-12(10)17/h1-3,6,10H,4-5,7H2,(H,14,17)(H,15,16)/t10-/m0/s1. The summed E-state index contributed by atoms with van der Waals surface area (Å²) in [4.78, 5) is 23.0. The van der Waals surface area contributed by atoms with Gasteiger partial charge >= 0.3 is 0 Å². The molecule has 5 heteroatoms. The lowest BCUT2D eigenvalue weighted by Gasteiger charge is -2.09. The molecule has 4 nitrogen and oxygen atoms in total. The van der Waals surface area contributed by atoms with Crippen molar-refractivity contribution in [2.75, 3.05) is 6.54 Å². The second-order valence-corrected chi connectivity index (χ2v) is 4.44. The molecule has 1 atom stereocenters. The minimum absolute atomic E-state index is 0.107. The van der Waals surface area contributed by atoms with Crippen molar-refractivity contribution >= 4 is 23.4 Å². The third-order valence-corrected chi connectivity index (χ3v) is 2.87. The fraction of sp³-hybridized carbons (Fsp3) is 0.333. The zero-order valence-electron chi connectivity index (χ0n) is 9.20. The van der Waals surface area contributed by atoms with Gasteiger partial charge in [0, 0.05) is 11.6 Å². The number of hydrogen-bond donors (Lipinski definition) is 2. The molecule has 0 unspecified atom stereocenters. The van der Waals surface area contributed by atoms with E-state index in [2.05, 4.69) is 10.6 Å². The summed E-state index contributed by atoms with van der Waals surface area (Å²) >= 11 is 5.83. The molecule has 0 saturated carbocycles. The smallest absolute Gasteiger partial charge is 0.242 e. The largest absolute Gasteiger partial charge is 0.354 e. The summed E-state index contributed by atoms with van der Waals surface area (Å²) in [5, 5.41) is 5.98. The quantitative estimate of drug-likeness (QED) is 0.839. The Kier molecular flexibility index (Phi) is 3.64. The first-order chi connectivity index (χ1) is 8.15. The van der Waals surface area contributed by atoms with Gasteiger partial charge in [-0.15, -0.1) is 0 Å². The summed E-state index contributed by atoms with van der Waals surface area (Å²) in [6, 6.07) is 6.75. The highest BCUT2D eigenvalue weighted by Crippen LogP contribution is 2.11. The number of rotatable bonds is 3. The molecule has 17 heavy (non-hydrogen) atoms. The number of carbonyl (C=O) groups is 2. The van der Waals surface area contributed by atoms with Gasteiger partial charge in [-0.05, 0) is 24.1 Å². The zero-order chi connectivity index (χ0) is 12.3. The van der Waals surface area contributed by atoms with Crippen molar-refractivity contribution in [3.8, 4) is 0 Å².